The number of carbonyl (C=O) groups excluding carboxylic acids is 2. The predicted octanol–water partition coefficient (Wildman–Crippen LogP) is 8.52. The van der Waals surface area contributed by atoms with Gasteiger partial charge in [0.2, 0.25) is 18.6 Å². The van der Waals surface area contributed by atoms with Crippen molar-refractivity contribution in [1.29, 1.82) is 0 Å². The van der Waals surface area contributed by atoms with Gasteiger partial charge in [-0.3, -0.25) is 9.59 Å². The van der Waals surface area contributed by atoms with Crippen LogP contribution < -0.4 is 9.47 Å². The van der Waals surface area contributed by atoms with Crippen LogP contribution in [0.3, 0.4) is 0 Å². The van der Waals surface area contributed by atoms with Gasteiger partial charge in [-0.1, -0.05) is 81.4 Å². The number of allylic oxidation sites excluding steroid dienone is 1. The summed E-state index contributed by atoms with van der Waals surface area (Å²) in [6, 6.07) is 27.9. The average molecular weight is 733 g/mol. The minimum absolute atomic E-state index is 0.00486. The first-order chi connectivity index (χ1) is 25.4. The highest BCUT2D eigenvalue weighted by Gasteiger charge is 2.63. The topological polar surface area (TPSA) is 100 Å². The highest BCUT2D eigenvalue weighted by molar-refractivity contribution is 6.48. The van der Waals surface area contributed by atoms with E-state index < -0.39 is 25.8 Å². The summed E-state index contributed by atoms with van der Waals surface area (Å²) in [6.07, 6.45) is 4.51. The molecule has 0 radical (unpaired) electrons. The van der Waals surface area contributed by atoms with Crippen LogP contribution in [-0.2, 0) is 25.3 Å². The van der Waals surface area contributed by atoms with E-state index in [0.29, 0.717) is 30.4 Å². The van der Waals surface area contributed by atoms with Crippen LogP contribution in [0.4, 0.5) is 0 Å². The minimum atomic E-state index is -1.51. The second kappa shape index (κ2) is 14.8. The first kappa shape index (κ1) is 36.4. The van der Waals surface area contributed by atoms with Crippen molar-refractivity contribution >= 4 is 48.9 Å². The molecule has 0 unspecified atom stereocenters. The molecule has 2 aliphatic heterocycles. The van der Waals surface area contributed by atoms with E-state index in [2.05, 4.69) is 61.4 Å². The summed E-state index contributed by atoms with van der Waals surface area (Å²) in [6.45, 7) is 13.0. The van der Waals surface area contributed by atoms with Crippen molar-refractivity contribution in [2.75, 3.05) is 20.0 Å². The summed E-state index contributed by atoms with van der Waals surface area (Å²) in [7, 11) is -1.51. The molecule has 0 spiro atoms. The second-order valence-corrected chi connectivity index (χ2v) is 17.9. The van der Waals surface area contributed by atoms with E-state index >= 15 is 4.79 Å². The Labute approximate surface area is 312 Å². The molecule has 53 heavy (non-hydrogen) atoms. The van der Waals surface area contributed by atoms with E-state index in [4.69, 9.17) is 23.1 Å². The molecular weight excluding hydrogens is 685 g/mol. The third-order valence-electron chi connectivity index (χ3n) is 10.9. The summed E-state index contributed by atoms with van der Waals surface area (Å²) in [4.78, 5) is 35.9. The number of oxazole rings is 1. The van der Waals surface area contributed by atoms with Crippen LogP contribution in [-0.4, -0.2) is 56.8 Å². The van der Waals surface area contributed by atoms with Gasteiger partial charge in [0.1, 0.15) is 17.5 Å². The summed E-state index contributed by atoms with van der Waals surface area (Å²) >= 11 is 0. The maximum atomic E-state index is 15.7. The number of esters is 1. The van der Waals surface area contributed by atoms with Crippen molar-refractivity contribution in [3.8, 4) is 11.5 Å². The van der Waals surface area contributed by atoms with Crippen LogP contribution in [0.15, 0.2) is 95.4 Å². The molecule has 4 aromatic carbocycles. The lowest BCUT2D eigenvalue weighted by atomic mass is 9.60. The zero-order valence-electron chi connectivity index (χ0n) is 31.3. The van der Waals surface area contributed by atoms with E-state index in [1.165, 1.54) is 0 Å². The molecule has 4 atom stereocenters. The van der Waals surface area contributed by atoms with Gasteiger partial charge in [0.05, 0.1) is 5.92 Å². The van der Waals surface area contributed by atoms with Crippen LogP contribution in [0.25, 0.3) is 27.9 Å². The first-order valence-corrected chi connectivity index (χ1v) is 21.2. The Morgan fingerprint density at radius 3 is 2.51 bits per heavy atom. The number of benzene rings is 4. The number of aromatic nitrogens is 1. The predicted molar refractivity (Wildman–Crippen MR) is 208 cm³/mol. The highest BCUT2D eigenvalue weighted by Crippen LogP contribution is 2.52. The van der Waals surface area contributed by atoms with Crippen molar-refractivity contribution in [2.24, 2.45) is 16.7 Å². The van der Waals surface area contributed by atoms with E-state index in [0.717, 1.165) is 33.0 Å². The molecule has 7 rings (SSSR count). The quantitative estimate of drug-likeness (QED) is 0.0930. The number of hydrogen-bond acceptors (Lipinski definition) is 8. The van der Waals surface area contributed by atoms with Gasteiger partial charge in [-0.05, 0) is 90.2 Å². The molecule has 1 saturated heterocycles. The molecule has 0 saturated carbocycles. The van der Waals surface area contributed by atoms with Gasteiger partial charge < -0.3 is 28.0 Å². The molecule has 1 fully saturated rings. The number of ether oxygens (including phenoxy) is 3. The Morgan fingerprint density at radius 1 is 0.981 bits per heavy atom. The van der Waals surface area contributed by atoms with Crippen molar-refractivity contribution in [2.45, 2.75) is 65.7 Å². The monoisotopic (exact) mass is 732 g/mol. The lowest BCUT2D eigenvalue weighted by Gasteiger charge is -2.47. The molecule has 1 aromatic heterocycles. The number of para-hydroxylation sites is 2. The fraction of sp³-hybridized carbons (Fsp3) is 0.372. The molecule has 0 aliphatic carbocycles. The number of cyclic esters (lactones) is 1. The molecule has 10 heteroatoms. The Balaban J connectivity index is 1.32. The number of fused-ring (bicyclic) bond motifs is 3. The van der Waals surface area contributed by atoms with Gasteiger partial charge in [0, 0.05) is 25.1 Å². The third kappa shape index (κ3) is 7.22. The SMILES string of the molecule is C[C@H]([C@H](CC=Cc1nc2ccccc2o1)c1ccc2c(c1)OCO2)N(Cc1ccc2ccccc2c1)C(=O)[C@@]1(C(C)(C)C)COC(=O)[C@@H]1CO[SiH](C)C. The fourth-order valence-corrected chi connectivity index (χ4v) is 8.37. The van der Waals surface area contributed by atoms with Gasteiger partial charge in [0.15, 0.2) is 26.1 Å². The van der Waals surface area contributed by atoms with E-state index in [1.807, 2.05) is 86.3 Å². The molecule has 0 bridgehead atoms. The third-order valence-corrected chi connectivity index (χ3v) is 11.8. The standard InChI is InChI=1S/C43H48N2O7Si/c1-28(33(32-20-21-37-38(23-32)50-27-49-37)14-11-17-39-44-35-15-9-10-16-36(35)52-39)45(24-29-18-19-30-12-7-8-13-31(30)22-29)41(47)43(42(2,3)4)26-48-40(46)34(43)25-51-53(5)6/h7-13,15-23,28,33-34,53H,14,24-27H2,1-6H3/t28-,33+,34+,43-/m1/s1. The molecule has 0 N–H and O–H groups in total. The van der Waals surface area contributed by atoms with E-state index in [-0.39, 0.29) is 43.8 Å². The number of hydrogen-bond donors (Lipinski definition) is 0. The highest BCUT2D eigenvalue weighted by atomic mass is 28.3. The summed E-state index contributed by atoms with van der Waals surface area (Å²) in [5.74, 6) is 0.444. The molecule has 2 aliphatic rings. The average Bonchev–Trinajstić information content (AvgIpc) is 3.87. The number of carbonyl (C=O) groups is 2. The zero-order valence-corrected chi connectivity index (χ0v) is 32.5. The van der Waals surface area contributed by atoms with E-state index in [9.17, 15) is 4.79 Å². The number of rotatable bonds is 12. The summed E-state index contributed by atoms with van der Waals surface area (Å²) in [5, 5.41) is 2.22. The number of nitrogens with zero attached hydrogens (tertiary/aromatic N) is 2. The summed E-state index contributed by atoms with van der Waals surface area (Å²) < 4.78 is 29.5. The zero-order chi connectivity index (χ0) is 37.3. The van der Waals surface area contributed by atoms with Crippen LogP contribution in [0.5, 0.6) is 11.5 Å². The smallest absolute Gasteiger partial charge is 0.312 e. The van der Waals surface area contributed by atoms with Crippen molar-refractivity contribution in [3.05, 3.63) is 108 Å². The van der Waals surface area contributed by atoms with Crippen LogP contribution in [0.2, 0.25) is 13.1 Å². The molecule has 1 amide bonds. The lowest BCUT2D eigenvalue weighted by molar-refractivity contribution is -0.158. The van der Waals surface area contributed by atoms with Crippen molar-refractivity contribution in [1.82, 2.24) is 9.88 Å². The second-order valence-electron chi connectivity index (χ2n) is 15.5. The Hall–Kier alpha value is -4.93. The van der Waals surface area contributed by atoms with Crippen molar-refractivity contribution in [3.63, 3.8) is 0 Å². The fourth-order valence-electron chi connectivity index (χ4n) is 7.80. The molecule has 276 valence electrons. The van der Waals surface area contributed by atoms with Gasteiger partial charge in [-0.15, -0.1) is 0 Å². The minimum Gasteiger partial charge on any atom is -0.464 e. The van der Waals surface area contributed by atoms with Gasteiger partial charge in [0.25, 0.3) is 0 Å². The number of amides is 1. The van der Waals surface area contributed by atoms with Crippen LogP contribution in [0.1, 0.15) is 57.1 Å². The van der Waals surface area contributed by atoms with Gasteiger partial charge in [-0.25, -0.2) is 4.98 Å². The van der Waals surface area contributed by atoms with Gasteiger partial charge in [-0.2, -0.15) is 0 Å². The Morgan fingerprint density at radius 2 is 1.74 bits per heavy atom. The van der Waals surface area contributed by atoms with Gasteiger partial charge >= 0.3 is 5.97 Å². The summed E-state index contributed by atoms with van der Waals surface area (Å²) in [5.41, 5.74) is 1.71. The largest absolute Gasteiger partial charge is 0.464 e. The molecule has 5 aromatic rings. The molecule has 9 nitrogen and oxygen atoms in total. The molecule has 3 heterocycles. The maximum Gasteiger partial charge on any atom is 0.312 e. The van der Waals surface area contributed by atoms with Crippen molar-refractivity contribution < 1.29 is 32.6 Å². The lowest BCUT2D eigenvalue weighted by Crippen LogP contribution is -2.58. The van der Waals surface area contributed by atoms with Crippen LogP contribution in [0, 0.1) is 16.7 Å². The first-order valence-electron chi connectivity index (χ1n) is 18.4. The maximum absolute atomic E-state index is 15.7. The Kier molecular flexibility index (Phi) is 10.2. The van der Waals surface area contributed by atoms with Crippen LogP contribution >= 0.6 is 0 Å². The Bertz CT molecular complexity index is 2120. The molecular formula is C43H48N2O7Si. The normalized spacial score (nSPS) is 19.7. The van der Waals surface area contributed by atoms with E-state index in [1.54, 1.807) is 0 Å².